The lowest BCUT2D eigenvalue weighted by Crippen LogP contribution is -2.05. The molecule has 0 radical (unpaired) electrons. The maximum Gasteiger partial charge on any atom is 0.123 e. The van der Waals surface area contributed by atoms with Crippen molar-refractivity contribution in [3.05, 3.63) is 29.3 Å². The van der Waals surface area contributed by atoms with Crippen molar-refractivity contribution < 1.29 is 13.7 Å². The molecule has 98 valence electrons. The van der Waals surface area contributed by atoms with Crippen molar-refractivity contribution in [2.24, 2.45) is 0 Å². The van der Waals surface area contributed by atoms with E-state index in [0.717, 1.165) is 12.0 Å². The molecule has 0 saturated heterocycles. The normalized spacial score (nSPS) is 11.8. The molecule has 0 aliphatic carbocycles. The van der Waals surface area contributed by atoms with Gasteiger partial charge in [-0.2, -0.15) is 5.26 Å². The predicted octanol–water partition coefficient (Wildman–Crippen LogP) is 1.85. The summed E-state index contributed by atoms with van der Waals surface area (Å²) in [5, 5.41) is 8.85. The molecule has 0 amide bonds. The molecule has 0 saturated carbocycles. The number of nitriles is 1. The van der Waals surface area contributed by atoms with Gasteiger partial charge in [-0.15, -0.1) is 0 Å². The molecule has 4 nitrogen and oxygen atoms in total. The highest BCUT2D eigenvalue weighted by Crippen LogP contribution is 2.21. The van der Waals surface area contributed by atoms with Crippen molar-refractivity contribution in [2.75, 3.05) is 26.6 Å². The standard InChI is InChI=1S/C13H17NO3S/c1-16-6-3-7-18(15)10-12-8-11(9-14)4-5-13(12)17-2/h4-5,8H,3,6-7,10H2,1-2H3. The average Bonchev–Trinajstić information content (AvgIpc) is 2.39. The molecule has 0 bridgehead atoms. The minimum atomic E-state index is -0.964. The fraction of sp³-hybridized carbons (Fsp3) is 0.462. The van der Waals surface area contributed by atoms with Gasteiger partial charge >= 0.3 is 0 Å². The van der Waals surface area contributed by atoms with Crippen molar-refractivity contribution >= 4 is 10.8 Å². The van der Waals surface area contributed by atoms with Gasteiger partial charge in [-0.1, -0.05) is 0 Å². The molecule has 0 aromatic heterocycles. The first-order chi connectivity index (χ1) is 8.71. The summed E-state index contributed by atoms with van der Waals surface area (Å²) in [6.07, 6.45) is 0.767. The van der Waals surface area contributed by atoms with Gasteiger partial charge in [0.25, 0.3) is 0 Å². The van der Waals surface area contributed by atoms with Crippen LogP contribution in [0.2, 0.25) is 0 Å². The van der Waals surface area contributed by atoms with Gasteiger partial charge in [-0.3, -0.25) is 4.21 Å². The first-order valence-corrected chi connectivity index (χ1v) is 7.11. The predicted molar refractivity (Wildman–Crippen MR) is 70.9 cm³/mol. The zero-order chi connectivity index (χ0) is 13.4. The lowest BCUT2D eigenvalue weighted by atomic mass is 10.1. The van der Waals surface area contributed by atoms with Crippen LogP contribution in [-0.4, -0.2) is 30.8 Å². The van der Waals surface area contributed by atoms with E-state index in [1.54, 1.807) is 32.4 Å². The van der Waals surface area contributed by atoms with E-state index in [0.29, 0.717) is 29.4 Å². The van der Waals surface area contributed by atoms with Crippen LogP contribution in [-0.2, 0) is 21.3 Å². The van der Waals surface area contributed by atoms with E-state index in [9.17, 15) is 4.21 Å². The summed E-state index contributed by atoms with van der Waals surface area (Å²) in [5.74, 6) is 1.67. The molecule has 1 aromatic carbocycles. The molecule has 0 fully saturated rings. The fourth-order valence-corrected chi connectivity index (χ4v) is 2.73. The van der Waals surface area contributed by atoms with Gasteiger partial charge in [-0.25, -0.2) is 0 Å². The van der Waals surface area contributed by atoms with Crippen LogP contribution in [0.5, 0.6) is 5.75 Å². The summed E-state index contributed by atoms with van der Waals surface area (Å²) in [6, 6.07) is 7.23. The van der Waals surface area contributed by atoms with Crippen LogP contribution in [0.4, 0.5) is 0 Å². The van der Waals surface area contributed by atoms with E-state index < -0.39 is 10.8 Å². The quantitative estimate of drug-likeness (QED) is 0.707. The summed E-state index contributed by atoms with van der Waals surface area (Å²) in [5.41, 5.74) is 1.37. The molecule has 18 heavy (non-hydrogen) atoms. The smallest absolute Gasteiger partial charge is 0.123 e. The third kappa shape index (κ3) is 4.47. The summed E-state index contributed by atoms with van der Waals surface area (Å²) in [4.78, 5) is 0. The van der Waals surface area contributed by atoms with E-state index in [2.05, 4.69) is 6.07 Å². The van der Waals surface area contributed by atoms with Gasteiger partial charge in [0.1, 0.15) is 5.75 Å². The second-order valence-electron chi connectivity index (χ2n) is 3.77. The van der Waals surface area contributed by atoms with E-state index in [1.807, 2.05) is 0 Å². The molecule has 5 heteroatoms. The Hall–Kier alpha value is -1.38. The number of hydrogen-bond acceptors (Lipinski definition) is 4. The zero-order valence-electron chi connectivity index (χ0n) is 10.6. The van der Waals surface area contributed by atoms with Crippen molar-refractivity contribution in [1.82, 2.24) is 0 Å². The summed E-state index contributed by atoms with van der Waals surface area (Å²) < 4.78 is 22.0. The van der Waals surface area contributed by atoms with Gasteiger partial charge in [0.2, 0.25) is 0 Å². The molecule has 1 rings (SSSR count). The summed E-state index contributed by atoms with van der Waals surface area (Å²) >= 11 is 0. The first-order valence-electron chi connectivity index (χ1n) is 5.62. The van der Waals surface area contributed by atoms with Crippen molar-refractivity contribution in [3.63, 3.8) is 0 Å². The van der Waals surface area contributed by atoms with E-state index >= 15 is 0 Å². The molecule has 0 aliphatic heterocycles. The van der Waals surface area contributed by atoms with E-state index in [1.165, 1.54) is 0 Å². The number of hydrogen-bond donors (Lipinski definition) is 0. The number of methoxy groups -OCH3 is 2. The summed E-state index contributed by atoms with van der Waals surface area (Å²) in [6.45, 7) is 0.612. The molecule has 1 unspecified atom stereocenters. The van der Waals surface area contributed by atoms with Crippen LogP contribution >= 0.6 is 0 Å². The van der Waals surface area contributed by atoms with Crippen molar-refractivity contribution in [3.8, 4) is 11.8 Å². The van der Waals surface area contributed by atoms with Crippen molar-refractivity contribution in [1.29, 1.82) is 5.26 Å². The Morgan fingerprint density at radius 1 is 1.39 bits per heavy atom. The molecular weight excluding hydrogens is 250 g/mol. The summed E-state index contributed by atoms with van der Waals surface area (Å²) in [7, 11) is 2.23. The van der Waals surface area contributed by atoms with Gasteiger partial charge in [0.15, 0.2) is 0 Å². The second-order valence-corrected chi connectivity index (χ2v) is 5.35. The Labute approximate surface area is 110 Å². The molecular formula is C13H17NO3S. The molecule has 1 atom stereocenters. The maximum atomic E-state index is 11.9. The van der Waals surface area contributed by atoms with E-state index in [4.69, 9.17) is 14.7 Å². The van der Waals surface area contributed by atoms with Crippen LogP contribution < -0.4 is 4.74 Å². The average molecular weight is 267 g/mol. The lowest BCUT2D eigenvalue weighted by Gasteiger charge is -2.08. The first kappa shape index (κ1) is 14.7. The van der Waals surface area contributed by atoms with Gasteiger partial charge in [0.05, 0.1) is 24.5 Å². The Bertz CT molecular complexity index is 454. The Morgan fingerprint density at radius 2 is 2.17 bits per heavy atom. The minimum Gasteiger partial charge on any atom is -0.496 e. The van der Waals surface area contributed by atoms with Crippen LogP contribution in [0.1, 0.15) is 17.5 Å². The minimum absolute atomic E-state index is 0.405. The highest BCUT2D eigenvalue weighted by molar-refractivity contribution is 7.84. The van der Waals surface area contributed by atoms with Crippen LogP contribution in [0.25, 0.3) is 0 Å². The Morgan fingerprint density at radius 3 is 2.78 bits per heavy atom. The molecule has 0 heterocycles. The molecule has 0 spiro atoms. The second kappa shape index (κ2) is 7.85. The van der Waals surface area contributed by atoms with Crippen LogP contribution in [0.3, 0.4) is 0 Å². The van der Waals surface area contributed by atoms with Crippen molar-refractivity contribution in [2.45, 2.75) is 12.2 Å². The Balaban J connectivity index is 2.70. The maximum absolute atomic E-state index is 11.9. The van der Waals surface area contributed by atoms with Gasteiger partial charge in [-0.05, 0) is 24.6 Å². The SMILES string of the molecule is COCCCS(=O)Cc1cc(C#N)ccc1OC. The fourth-order valence-electron chi connectivity index (χ4n) is 1.57. The topological polar surface area (TPSA) is 59.3 Å². The third-order valence-electron chi connectivity index (χ3n) is 2.45. The lowest BCUT2D eigenvalue weighted by molar-refractivity contribution is 0.200. The largest absolute Gasteiger partial charge is 0.496 e. The number of rotatable bonds is 7. The van der Waals surface area contributed by atoms with Gasteiger partial charge < -0.3 is 9.47 Å². The number of nitrogens with zero attached hydrogens (tertiary/aromatic N) is 1. The molecule has 0 N–H and O–H groups in total. The third-order valence-corrected chi connectivity index (χ3v) is 3.82. The Kier molecular flexibility index (Phi) is 6.40. The van der Waals surface area contributed by atoms with E-state index in [-0.39, 0.29) is 0 Å². The highest BCUT2D eigenvalue weighted by Gasteiger charge is 2.08. The zero-order valence-corrected chi connectivity index (χ0v) is 11.5. The highest BCUT2D eigenvalue weighted by atomic mass is 32.2. The molecule has 1 aromatic rings. The molecule has 0 aliphatic rings. The van der Waals surface area contributed by atoms with Crippen LogP contribution in [0, 0.1) is 11.3 Å². The van der Waals surface area contributed by atoms with Crippen LogP contribution in [0.15, 0.2) is 18.2 Å². The monoisotopic (exact) mass is 267 g/mol. The number of ether oxygens (including phenoxy) is 2. The van der Waals surface area contributed by atoms with Gasteiger partial charge in [0, 0.05) is 35.8 Å². The number of benzene rings is 1.